The highest BCUT2D eigenvalue weighted by Gasteiger charge is 2.35. The van der Waals surface area contributed by atoms with Crippen LogP contribution in [0, 0.1) is 17.5 Å². The highest BCUT2D eigenvalue weighted by Crippen LogP contribution is 2.24. The molecule has 1 aliphatic heterocycles. The Morgan fingerprint density at radius 1 is 1.15 bits per heavy atom. The van der Waals surface area contributed by atoms with Gasteiger partial charge in [-0.15, -0.1) is 0 Å². The summed E-state index contributed by atoms with van der Waals surface area (Å²) in [5.74, 6) is -4.75. The van der Waals surface area contributed by atoms with E-state index in [0.29, 0.717) is 6.07 Å². The molecule has 2 heterocycles. The van der Waals surface area contributed by atoms with E-state index in [2.05, 4.69) is 14.8 Å². The first-order chi connectivity index (χ1) is 15.4. The van der Waals surface area contributed by atoms with Crippen molar-refractivity contribution in [2.75, 3.05) is 25.5 Å². The van der Waals surface area contributed by atoms with Crippen LogP contribution in [-0.2, 0) is 26.8 Å². The minimum Gasteiger partial charge on any atom is -0.340 e. The lowest BCUT2D eigenvalue weighted by Gasteiger charge is -2.16. The molecule has 0 radical (unpaired) electrons. The fourth-order valence-electron chi connectivity index (χ4n) is 3.39. The number of hydrogen-bond acceptors (Lipinski definition) is 5. The van der Waals surface area contributed by atoms with Gasteiger partial charge in [0.15, 0.2) is 17.5 Å². The minimum atomic E-state index is -4.46. The van der Waals surface area contributed by atoms with Gasteiger partial charge in [0, 0.05) is 50.7 Å². The average Bonchev–Trinajstić information content (AvgIpc) is 3.35. The average molecular weight is 510 g/mol. The maximum Gasteiger partial charge on any atom is 0.279 e. The number of carbonyl (C=O) groups is 1. The molecule has 1 aromatic carbocycles. The van der Waals surface area contributed by atoms with Crippen molar-refractivity contribution in [3.8, 4) is 0 Å². The molecule has 2 aromatic rings. The molecule has 3 rings (SSSR count). The summed E-state index contributed by atoms with van der Waals surface area (Å²) in [5.41, 5.74) is -0.769. The summed E-state index contributed by atoms with van der Waals surface area (Å²) in [5, 5.41) is 2.21. The Balaban J connectivity index is 1.84. The zero-order valence-corrected chi connectivity index (χ0v) is 19.2. The minimum absolute atomic E-state index is 0.0323. The van der Waals surface area contributed by atoms with Gasteiger partial charge in [-0.05, 0) is 25.5 Å². The van der Waals surface area contributed by atoms with Gasteiger partial charge < -0.3 is 9.88 Å². The predicted molar refractivity (Wildman–Crippen MR) is 113 cm³/mol. The molecule has 33 heavy (non-hydrogen) atoms. The van der Waals surface area contributed by atoms with Crippen LogP contribution in [0.5, 0.6) is 0 Å². The van der Waals surface area contributed by atoms with Gasteiger partial charge in [-0.1, -0.05) is 0 Å². The SMILES string of the molecule is CCn1cc(S(=O)(=O)N[C@@H]2CCN(S(=O)(=O)NC)C2)c(F)c1C(=O)Nc1ccc(F)c(F)c1. The van der Waals surface area contributed by atoms with Gasteiger partial charge in [0.25, 0.3) is 16.1 Å². The van der Waals surface area contributed by atoms with Crippen molar-refractivity contribution in [1.29, 1.82) is 0 Å². The third-order valence-corrected chi connectivity index (χ3v) is 8.11. The number of nitrogens with one attached hydrogen (secondary N) is 3. The maximum atomic E-state index is 15.1. The standard InChI is InChI=1S/C18H22F3N5O5S2/c1-3-25-10-15(32(28,29)24-12-6-7-26(9-12)33(30,31)22-2)16(21)17(25)18(27)23-11-4-5-13(19)14(20)8-11/h4-5,8,10,12,22,24H,3,6-7,9H2,1-2H3,(H,23,27)/t12-/m1/s1. The van der Waals surface area contributed by atoms with Gasteiger partial charge in [0.05, 0.1) is 0 Å². The topological polar surface area (TPSA) is 130 Å². The molecule has 3 N–H and O–H groups in total. The van der Waals surface area contributed by atoms with E-state index < -0.39 is 60.2 Å². The van der Waals surface area contributed by atoms with E-state index in [0.717, 1.165) is 27.2 Å². The normalized spacial score (nSPS) is 17.4. The zero-order chi connectivity index (χ0) is 24.6. The van der Waals surface area contributed by atoms with E-state index in [1.807, 2.05) is 0 Å². The van der Waals surface area contributed by atoms with Crippen molar-refractivity contribution in [2.45, 2.75) is 30.8 Å². The lowest BCUT2D eigenvalue weighted by molar-refractivity contribution is 0.101. The number of aromatic nitrogens is 1. The molecule has 1 fully saturated rings. The summed E-state index contributed by atoms with van der Waals surface area (Å²) in [6.07, 6.45) is 1.11. The highest BCUT2D eigenvalue weighted by atomic mass is 32.2. The Labute approximate surface area is 189 Å². The first-order valence-electron chi connectivity index (χ1n) is 9.75. The van der Waals surface area contributed by atoms with Gasteiger partial charge in [0.2, 0.25) is 10.0 Å². The number of nitrogens with zero attached hydrogens (tertiary/aromatic N) is 2. The number of anilines is 1. The van der Waals surface area contributed by atoms with Crippen LogP contribution in [0.2, 0.25) is 0 Å². The summed E-state index contributed by atoms with van der Waals surface area (Å²) in [6.45, 7) is 1.50. The van der Waals surface area contributed by atoms with E-state index in [1.54, 1.807) is 6.92 Å². The molecule has 0 bridgehead atoms. The predicted octanol–water partition coefficient (Wildman–Crippen LogP) is 0.994. The lowest BCUT2D eigenvalue weighted by Crippen LogP contribution is -2.41. The first kappa shape index (κ1) is 25.2. The van der Waals surface area contributed by atoms with E-state index in [4.69, 9.17) is 0 Å². The smallest absolute Gasteiger partial charge is 0.279 e. The second-order valence-electron chi connectivity index (χ2n) is 7.20. The van der Waals surface area contributed by atoms with Gasteiger partial charge >= 0.3 is 0 Å². The lowest BCUT2D eigenvalue weighted by atomic mass is 10.3. The van der Waals surface area contributed by atoms with Crippen LogP contribution in [0.1, 0.15) is 23.8 Å². The summed E-state index contributed by atoms with van der Waals surface area (Å²) < 4.78 is 97.5. The molecule has 1 saturated heterocycles. The molecule has 0 aliphatic carbocycles. The highest BCUT2D eigenvalue weighted by molar-refractivity contribution is 7.89. The number of hydrogen-bond donors (Lipinski definition) is 3. The second-order valence-corrected chi connectivity index (χ2v) is 10.8. The second kappa shape index (κ2) is 9.42. The van der Waals surface area contributed by atoms with Crippen LogP contribution in [-0.4, -0.2) is 57.8 Å². The van der Waals surface area contributed by atoms with E-state index in [-0.39, 0.29) is 31.7 Å². The molecule has 1 aromatic heterocycles. The van der Waals surface area contributed by atoms with Crippen molar-refractivity contribution in [3.63, 3.8) is 0 Å². The Hall–Kier alpha value is -2.46. The molecule has 0 saturated carbocycles. The number of amides is 1. The fourth-order valence-corrected chi connectivity index (χ4v) is 5.73. The van der Waals surface area contributed by atoms with Crippen LogP contribution < -0.4 is 14.8 Å². The molecule has 1 amide bonds. The number of carbonyl (C=O) groups excluding carboxylic acids is 1. The van der Waals surface area contributed by atoms with Crippen molar-refractivity contribution in [1.82, 2.24) is 18.3 Å². The summed E-state index contributed by atoms with van der Waals surface area (Å²) in [7, 11) is -6.98. The van der Waals surface area contributed by atoms with Crippen LogP contribution in [0.15, 0.2) is 29.3 Å². The molecule has 0 spiro atoms. The molecule has 1 atom stereocenters. The fraction of sp³-hybridized carbons (Fsp3) is 0.389. The number of rotatable bonds is 8. The number of aryl methyl sites for hydroxylation is 1. The van der Waals surface area contributed by atoms with Crippen LogP contribution in [0.3, 0.4) is 0 Å². The summed E-state index contributed by atoms with van der Waals surface area (Å²) >= 11 is 0. The Morgan fingerprint density at radius 3 is 2.45 bits per heavy atom. The number of halogens is 3. The van der Waals surface area contributed by atoms with Gasteiger partial charge in [-0.25, -0.2) is 31.0 Å². The molecule has 182 valence electrons. The van der Waals surface area contributed by atoms with E-state index in [9.17, 15) is 30.4 Å². The summed E-state index contributed by atoms with van der Waals surface area (Å²) in [6, 6.07) is 1.74. The van der Waals surface area contributed by atoms with Crippen LogP contribution in [0.4, 0.5) is 18.9 Å². The van der Waals surface area contributed by atoms with Gasteiger partial charge in [0.1, 0.15) is 10.6 Å². The third kappa shape index (κ3) is 5.22. The summed E-state index contributed by atoms with van der Waals surface area (Å²) in [4.78, 5) is 11.8. The van der Waals surface area contributed by atoms with Crippen molar-refractivity contribution in [2.24, 2.45) is 0 Å². The van der Waals surface area contributed by atoms with Crippen molar-refractivity contribution < 1.29 is 34.8 Å². The Kier molecular flexibility index (Phi) is 7.18. The van der Waals surface area contributed by atoms with Crippen LogP contribution >= 0.6 is 0 Å². The van der Waals surface area contributed by atoms with Crippen LogP contribution in [0.25, 0.3) is 0 Å². The molecule has 15 heteroatoms. The van der Waals surface area contributed by atoms with Crippen molar-refractivity contribution in [3.05, 3.63) is 47.5 Å². The quantitative estimate of drug-likeness (QED) is 0.489. The van der Waals surface area contributed by atoms with Crippen molar-refractivity contribution >= 4 is 31.8 Å². The number of benzene rings is 1. The molecular formula is C18H22F3N5O5S2. The van der Waals surface area contributed by atoms with Gasteiger partial charge in [-0.3, -0.25) is 4.79 Å². The number of sulfonamides is 1. The first-order valence-corrected chi connectivity index (χ1v) is 12.7. The van der Waals surface area contributed by atoms with Gasteiger partial charge in [-0.2, -0.15) is 12.7 Å². The molecule has 10 nitrogen and oxygen atoms in total. The van der Waals surface area contributed by atoms with E-state index >= 15 is 4.39 Å². The maximum absolute atomic E-state index is 15.1. The monoisotopic (exact) mass is 509 g/mol. The Bertz CT molecular complexity index is 1280. The Morgan fingerprint density at radius 2 is 1.85 bits per heavy atom. The van der Waals surface area contributed by atoms with E-state index in [1.165, 1.54) is 7.05 Å². The molecule has 0 unspecified atom stereocenters. The molecular weight excluding hydrogens is 487 g/mol. The molecule has 1 aliphatic rings. The third-order valence-electron chi connectivity index (χ3n) is 5.08. The largest absolute Gasteiger partial charge is 0.340 e. The zero-order valence-electron chi connectivity index (χ0n) is 17.6.